The Balaban J connectivity index is 2.06. The highest BCUT2D eigenvalue weighted by Gasteiger charge is 2.34. The molecule has 0 radical (unpaired) electrons. The molecule has 112 valence electrons. The first-order valence-electron chi connectivity index (χ1n) is 7.64. The van der Waals surface area contributed by atoms with Crippen molar-refractivity contribution in [2.75, 3.05) is 32.1 Å². The van der Waals surface area contributed by atoms with Gasteiger partial charge in [-0.25, -0.2) is 0 Å². The molecule has 0 spiro atoms. The lowest BCUT2D eigenvalue weighted by Crippen LogP contribution is -2.43. The smallest absolute Gasteiger partial charge is 0.120 e. The van der Waals surface area contributed by atoms with Crippen LogP contribution in [0.25, 0.3) is 0 Å². The number of nitrogens with zero attached hydrogens (tertiary/aromatic N) is 1. The van der Waals surface area contributed by atoms with Crippen LogP contribution in [0.4, 0.5) is 5.69 Å². The Hall–Kier alpha value is -1.22. The summed E-state index contributed by atoms with van der Waals surface area (Å²) in [6.07, 6.45) is 5.12. The molecule has 0 aromatic heterocycles. The maximum absolute atomic E-state index is 6.11. The molecule has 0 saturated heterocycles. The zero-order chi connectivity index (χ0) is 14.6. The molecular weight excluding hydrogens is 248 g/mol. The molecule has 1 aliphatic rings. The van der Waals surface area contributed by atoms with Gasteiger partial charge in [0.05, 0.1) is 7.11 Å². The molecule has 0 unspecified atom stereocenters. The number of hydrogen-bond acceptors (Lipinski definition) is 3. The molecule has 3 nitrogen and oxygen atoms in total. The third-order valence-electron chi connectivity index (χ3n) is 4.83. The fraction of sp³-hybridized carbons (Fsp3) is 0.647. The van der Waals surface area contributed by atoms with E-state index in [1.807, 2.05) is 12.1 Å². The monoisotopic (exact) mass is 276 g/mol. The maximum atomic E-state index is 6.11. The number of rotatable bonds is 5. The predicted molar refractivity (Wildman–Crippen MR) is 85.4 cm³/mol. The molecule has 0 atom stereocenters. The van der Waals surface area contributed by atoms with Crippen molar-refractivity contribution in [3.8, 4) is 5.75 Å². The Morgan fingerprint density at radius 3 is 2.65 bits per heavy atom. The van der Waals surface area contributed by atoms with E-state index in [-0.39, 0.29) is 5.41 Å². The van der Waals surface area contributed by atoms with E-state index in [0.29, 0.717) is 0 Å². The van der Waals surface area contributed by atoms with Crippen molar-refractivity contribution in [2.45, 2.75) is 32.6 Å². The van der Waals surface area contributed by atoms with Crippen molar-refractivity contribution >= 4 is 5.69 Å². The van der Waals surface area contributed by atoms with Crippen LogP contribution in [-0.4, -0.2) is 27.2 Å². The summed E-state index contributed by atoms with van der Waals surface area (Å²) < 4.78 is 5.31. The van der Waals surface area contributed by atoms with Crippen molar-refractivity contribution in [1.29, 1.82) is 0 Å². The van der Waals surface area contributed by atoms with Crippen molar-refractivity contribution < 1.29 is 4.74 Å². The van der Waals surface area contributed by atoms with E-state index in [0.717, 1.165) is 24.8 Å². The molecule has 1 aromatic rings. The van der Waals surface area contributed by atoms with Gasteiger partial charge in [-0.3, -0.25) is 0 Å². The molecule has 0 heterocycles. The van der Waals surface area contributed by atoms with Gasteiger partial charge in [-0.1, -0.05) is 25.8 Å². The first-order chi connectivity index (χ1) is 9.58. The number of methoxy groups -OCH3 is 1. The van der Waals surface area contributed by atoms with E-state index in [2.05, 4.69) is 31.0 Å². The number of ether oxygens (including phenoxy) is 1. The predicted octanol–water partition coefficient (Wildman–Crippen LogP) is 3.29. The lowest BCUT2D eigenvalue weighted by Gasteiger charge is -2.41. The van der Waals surface area contributed by atoms with Gasteiger partial charge in [-0.15, -0.1) is 0 Å². The number of hydrogen-bond donors (Lipinski definition) is 1. The molecule has 3 heteroatoms. The Labute approximate surface area is 123 Å². The van der Waals surface area contributed by atoms with Crippen LogP contribution >= 0.6 is 0 Å². The first-order valence-corrected chi connectivity index (χ1v) is 7.64. The summed E-state index contributed by atoms with van der Waals surface area (Å²) in [5.74, 6) is 1.77. The molecule has 0 bridgehead atoms. The third kappa shape index (κ3) is 3.45. The highest BCUT2D eigenvalue weighted by Crippen LogP contribution is 2.39. The van der Waals surface area contributed by atoms with Crippen molar-refractivity contribution in [2.24, 2.45) is 17.1 Å². The molecule has 1 aromatic carbocycles. The summed E-state index contributed by atoms with van der Waals surface area (Å²) in [6, 6.07) is 8.26. The summed E-state index contributed by atoms with van der Waals surface area (Å²) in [4.78, 5) is 2.32. The number of nitrogens with two attached hydrogens (primary N) is 1. The van der Waals surface area contributed by atoms with Gasteiger partial charge in [-0.05, 0) is 37.4 Å². The molecule has 20 heavy (non-hydrogen) atoms. The SMILES string of the molecule is COc1cccc(N(C)CC2(CN)CCC(C)CC2)c1. The van der Waals surface area contributed by atoms with Gasteiger partial charge in [0, 0.05) is 30.8 Å². The van der Waals surface area contributed by atoms with Crippen LogP contribution < -0.4 is 15.4 Å². The van der Waals surface area contributed by atoms with Gasteiger partial charge in [0.1, 0.15) is 5.75 Å². The van der Waals surface area contributed by atoms with Crippen molar-refractivity contribution in [3.63, 3.8) is 0 Å². The average Bonchev–Trinajstić information content (AvgIpc) is 2.50. The zero-order valence-electron chi connectivity index (χ0n) is 13.1. The van der Waals surface area contributed by atoms with Gasteiger partial charge < -0.3 is 15.4 Å². The van der Waals surface area contributed by atoms with Crippen LogP contribution in [0.1, 0.15) is 32.6 Å². The standard InChI is InChI=1S/C17H28N2O/c1-14-7-9-17(12-18,10-8-14)13-19(2)15-5-4-6-16(11-15)20-3/h4-6,11,14H,7-10,12-13,18H2,1-3H3. The first kappa shape index (κ1) is 15.2. The van der Waals surface area contributed by atoms with Gasteiger partial charge in [0.25, 0.3) is 0 Å². The molecular formula is C17H28N2O. The third-order valence-corrected chi connectivity index (χ3v) is 4.83. The average molecular weight is 276 g/mol. The fourth-order valence-corrected chi connectivity index (χ4v) is 3.24. The Morgan fingerprint density at radius 2 is 2.05 bits per heavy atom. The van der Waals surface area contributed by atoms with Gasteiger partial charge in [0.2, 0.25) is 0 Å². The Bertz CT molecular complexity index is 425. The highest BCUT2D eigenvalue weighted by molar-refractivity contribution is 5.50. The Kier molecular flexibility index (Phi) is 4.92. The van der Waals surface area contributed by atoms with Crippen molar-refractivity contribution in [1.82, 2.24) is 0 Å². The minimum atomic E-state index is 0.282. The molecule has 1 fully saturated rings. The van der Waals surface area contributed by atoms with Crippen LogP contribution in [0, 0.1) is 11.3 Å². The van der Waals surface area contributed by atoms with E-state index >= 15 is 0 Å². The van der Waals surface area contributed by atoms with Crippen LogP contribution in [0.2, 0.25) is 0 Å². The summed E-state index contributed by atoms with van der Waals surface area (Å²) in [6.45, 7) is 4.17. The second kappa shape index (κ2) is 6.49. The van der Waals surface area contributed by atoms with Crippen molar-refractivity contribution in [3.05, 3.63) is 24.3 Å². The summed E-state index contributed by atoms with van der Waals surface area (Å²) in [5.41, 5.74) is 7.60. The largest absolute Gasteiger partial charge is 0.497 e. The molecule has 0 amide bonds. The maximum Gasteiger partial charge on any atom is 0.120 e. The summed E-state index contributed by atoms with van der Waals surface area (Å²) >= 11 is 0. The molecule has 0 aliphatic heterocycles. The fourth-order valence-electron chi connectivity index (χ4n) is 3.24. The number of benzene rings is 1. The van der Waals surface area contributed by atoms with Crippen LogP contribution in [0.15, 0.2) is 24.3 Å². The minimum absolute atomic E-state index is 0.282. The van der Waals surface area contributed by atoms with Crippen LogP contribution in [0.3, 0.4) is 0 Å². The van der Waals surface area contributed by atoms with Gasteiger partial charge in [-0.2, -0.15) is 0 Å². The van der Waals surface area contributed by atoms with E-state index in [9.17, 15) is 0 Å². The number of anilines is 1. The topological polar surface area (TPSA) is 38.5 Å². The summed E-state index contributed by atoms with van der Waals surface area (Å²) in [5, 5.41) is 0. The molecule has 1 aliphatic carbocycles. The van der Waals surface area contributed by atoms with Gasteiger partial charge >= 0.3 is 0 Å². The molecule has 1 saturated carbocycles. The summed E-state index contributed by atoms with van der Waals surface area (Å²) in [7, 11) is 3.87. The second-order valence-electron chi connectivity index (χ2n) is 6.44. The second-order valence-corrected chi connectivity index (χ2v) is 6.44. The quantitative estimate of drug-likeness (QED) is 0.897. The molecule has 2 rings (SSSR count). The lowest BCUT2D eigenvalue weighted by atomic mass is 9.70. The lowest BCUT2D eigenvalue weighted by molar-refractivity contribution is 0.171. The van der Waals surface area contributed by atoms with E-state index in [1.54, 1.807) is 7.11 Å². The molecule has 2 N–H and O–H groups in total. The van der Waals surface area contributed by atoms with Crippen LogP contribution in [0.5, 0.6) is 5.75 Å². The highest BCUT2D eigenvalue weighted by atomic mass is 16.5. The van der Waals surface area contributed by atoms with E-state index < -0.39 is 0 Å². The normalized spacial score (nSPS) is 26.3. The van der Waals surface area contributed by atoms with Crippen LogP contribution in [-0.2, 0) is 0 Å². The zero-order valence-corrected chi connectivity index (χ0v) is 13.1. The minimum Gasteiger partial charge on any atom is -0.497 e. The van der Waals surface area contributed by atoms with Gasteiger partial charge in [0.15, 0.2) is 0 Å². The van der Waals surface area contributed by atoms with E-state index in [1.165, 1.54) is 31.4 Å². The Morgan fingerprint density at radius 1 is 1.35 bits per heavy atom. The van der Waals surface area contributed by atoms with E-state index in [4.69, 9.17) is 10.5 Å².